The normalized spacial score (nSPS) is 13.4. The molecule has 0 radical (unpaired) electrons. The fourth-order valence-electron chi connectivity index (χ4n) is 2.52. The van der Waals surface area contributed by atoms with E-state index in [2.05, 4.69) is 17.2 Å². The van der Waals surface area contributed by atoms with E-state index in [0.29, 0.717) is 6.42 Å². The summed E-state index contributed by atoms with van der Waals surface area (Å²) in [5, 5.41) is 6.16. The third-order valence-electron chi connectivity index (χ3n) is 3.85. The number of ether oxygens (including phenoxy) is 1. The smallest absolute Gasteiger partial charge is 0.221 e. The average Bonchev–Trinajstić information content (AvgIpc) is 3.03. The molecule has 0 aliphatic heterocycles. The molecule has 0 spiro atoms. The molecule has 0 bridgehead atoms. The molecule has 124 valence electrons. The van der Waals surface area contributed by atoms with Crippen molar-refractivity contribution in [3.63, 3.8) is 0 Å². The maximum atomic E-state index is 12.3. The summed E-state index contributed by atoms with van der Waals surface area (Å²) in [4.78, 5) is 16.8. The third-order valence-corrected chi connectivity index (χ3v) is 4.87. The zero-order valence-corrected chi connectivity index (χ0v) is 14.9. The topological polar surface area (TPSA) is 51.2 Å². The summed E-state index contributed by atoms with van der Waals surface area (Å²) in [7, 11) is 1.65. The summed E-state index contributed by atoms with van der Waals surface area (Å²) < 4.78 is 5.37. The predicted octanol–water partition coefficient (Wildman–Crippen LogP) is 4.09. The van der Waals surface area contributed by atoms with Crippen molar-refractivity contribution in [3.8, 4) is 5.75 Å². The fourth-order valence-corrected chi connectivity index (χ4v) is 3.36. The molecular formula is C18H24N2O2S. The first-order valence-electron chi connectivity index (χ1n) is 7.91. The van der Waals surface area contributed by atoms with Gasteiger partial charge in [0.15, 0.2) is 0 Å². The van der Waals surface area contributed by atoms with Crippen molar-refractivity contribution in [2.24, 2.45) is 0 Å². The molecule has 2 rings (SSSR count). The SMILES string of the molecule is CCc1nc(C(C)NC(=O)CC(C)c2ccccc2OC)cs1. The number of hydrogen-bond acceptors (Lipinski definition) is 4. The zero-order valence-electron chi connectivity index (χ0n) is 14.1. The molecule has 1 heterocycles. The monoisotopic (exact) mass is 332 g/mol. The van der Waals surface area contributed by atoms with Crippen molar-refractivity contribution < 1.29 is 9.53 Å². The van der Waals surface area contributed by atoms with Gasteiger partial charge in [-0.2, -0.15) is 0 Å². The maximum Gasteiger partial charge on any atom is 0.221 e. The molecule has 1 N–H and O–H groups in total. The molecule has 2 unspecified atom stereocenters. The van der Waals surface area contributed by atoms with Crippen molar-refractivity contribution in [3.05, 3.63) is 45.9 Å². The van der Waals surface area contributed by atoms with Crippen LogP contribution in [0.3, 0.4) is 0 Å². The van der Waals surface area contributed by atoms with Gasteiger partial charge in [0, 0.05) is 11.8 Å². The zero-order chi connectivity index (χ0) is 16.8. The van der Waals surface area contributed by atoms with Crippen LogP contribution < -0.4 is 10.1 Å². The number of amides is 1. The highest BCUT2D eigenvalue weighted by Gasteiger charge is 2.18. The van der Waals surface area contributed by atoms with Gasteiger partial charge in [0.2, 0.25) is 5.91 Å². The van der Waals surface area contributed by atoms with Gasteiger partial charge in [0.1, 0.15) is 5.75 Å². The van der Waals surface area contributed by atoms with Crippen molar-refractivity contribution in [2.75, 3.05) is 7.11 Å². The Morgan fingerprint density at radius 3 is 2.74 bits per heavy atom. The van der Waals surface area contributed by atoms with Gasteiger partial charge < -0.3 is 10.1 Å². The van der Waals surface area contributed by atoms with Gasteiger partial charge in [-0.05, 0) is 30.9 Å². The molecule has 0 saturated heterocycles. The molecular weight excluding hydrogens is 308 g/mol. The Labute approximate surface area is 141 Å². The highest BCUT2D eigenvalue weighted by molar-refractivity contribution is 7.09. The van der Waals surface area contributed by atoms with Crippen LogP contribution >= 0.6 is 11.3 Å². The number of para-hydroxylation sites is 1. The number of carbonyl (C=O) groups is 1. The Kier molecular flexibility index (Phi) is 6.16. The molecule has 0 saturated carbocycles. The average molecular weight is 332 g/mol. The number of nitrogens with zero attached hydrogens (tertiary/aromatic N) is 1. The maximum absolute atomic E-state index is 12.3. The van der Waals surface area contributed by atoms with Gasteiger partial charge in [0.05, 0.1) is 23.9 Å². The van der Waals surface area contributed by atoms with Crippen molar-refractivity contribution in [1.29, 1.82) is 0 Å². The molecule has 2 aromatic rings. The molecule has 0 aliphatic rings. The lowest BCUT2D eigenvalue weighted by molar-refractivity contribution is -0.122. The number of thiazole rings is 1. The van der Waals surface area contributed by atoms with Crippen LogP contribution in [0.1, 0.15) is 55.4 Å². The highest BCUT2D eigenvalue weighted by Crippen LogP contribution is 2.28. The van der Waals surface area contributed by atoms with Crippen LogP contribution in [0.4, 0.5) is 0 Å². The molecule has 1 amide bonds. The van der Waals surface area contributed by atoms with Crippen molar-refractivity contribution in [2.45, 2.75) is 45.6 Å². The van der Waals surface area contributed by atoms with E-state index < -0.39 is 0 Å². The number of nitrogens with one attached hydrogen (secondary N) is 1. The fraction of sp³-hybridized carbons (Fsp3) is 0.444. The van der Waals surface area contributed by atoms with Gasteiger partial charge in [-0.25, -0.2) is 4.98 Å². The van der Waals surface area contributed by atoms with Gasteiger partial charge in [0.25, 0.3) is 0 Å². The second-order valence-corrected chi connectivity index (χ2v) is 6.60. The molecule has 1 aromatic heterocycles. The molecule has 0 fully saturated rings. The highest BCUT2D eigenvalue weighted by atomic mass is 32.1. The van der Waals surface area contributed by atoms with E-state index in [-0.39, 0.29) is 17.9 Å². The minimum atomic E-state index is -0.0658. The Bertz CT molecular complexity index is 654. The largest absolute Gasteiger partial charge is 0.496 e. The van der Waals surface area contributed by atoms with Gasteiger partial charge in [-0.15, -0.1) is 11.3 Å². The quantitative estimate of drug-likeness (QED) is 0.831. The van der Waals surface area contributed by atoms with E-state index in [1.807, 2.05) is 43.5 Å². The van der Waals surface area contributed by atoms with Crippen LogP contribution in [0, 0.1) is 0 Å². The number of rotatable bonds is 7. The summed E-state index contributed by atoms with van der Waals surface area (Å²) in [5.74, 6) is 0.954. The van der Waals surface area contributed by atoms with Crippen LogP contribution in [-0.2, 0) is 11.2 Å². The predicted molar refractivity (Wildman–Crippen MR) is 94.1 cm³/mol. The van der Waals surface area contributed by atoms with Crippen LogP contribution in [-0.4, -0.2) is 18.0 Å². The first-order valence-corrected chi connectivity index (χ1v) is 8.79. The van der Waals surface area contributed by atoms with Gasteiger partial charge >= 0.3 is 0 Å². The van der Waals surface area contributed by atoms with E-state index in [1.165, 1.54) is 0 Å². The number of methoxy groups -OCH3 is 1. The van der Waals surface area contributed by atoms with Gasteiger partial charge in [-0.3, -0.25) is 4.79 Å². The first kappa shape index (κ1) is 17.5. The molecule has 23 heavy (non-hydrogen) atoms. The number of aryl methyl sites for hydroxylation is 1. The van der Waals surface area contributed by atoms with E-state index in [1.54, 1.807) is 18.4 Å². The lowest BCUT2D eigenvalue weighted by Crippen LogP contribution is -2.27. The molecule has 1 aromatic carbocycles. The van der Waals surface area contributed by atoms with E-state index in [4.69, 9.17) is 4.74 Å². The van der Waals surface area contributed by atoms with Crippen molar-refractivity contribution >= 4 is 17.2 Å². The lowest BCUT2D eigenvalue weighted by Gasteiger charge is -2.17. The number of aromatic nitrogens is 1. The first-order chi connectivity index (χ1) is 11.0. The lowest BCUT2D eigenvalue weighted by atomic mass is 9.96. The summed E-state index contributed by atoms with van der Waals surface area (Å²) >= 11 is 1.64. The minimum absolute atomic E-state index is 0.0296. The number of hydrogen-bond donors (Lipinski definition) is 1. The molecule has 2 atom stereocenters. The van der Waals surface area contributed by atoms with E-state index in [9.17, 15) is 4.79 Å². The Balaban J connectivity index is 1.95. The van der Waals surface area contributed by atoms with Gasteiger partial charge in [-0.1, -0.05) is 32.0 Å². The summed E-state index contributed by atoms with van der Waals surface area (Å²) in [6, 6.07) is 7.77. The summed E-state index contributed by atoms with van der Waals surface area (Å²) in [5.41, 5.74) is 1.99. The molecule has 5 heteroatoms. The molecule has 0 aliphatic carbocycles. The molecule has 4 nitrogen and oxygen atoms in total. The van der Waals surface area contributed by atoms with Crippen LogP contribution in [0.25, 0.3) is 0 Å². The summed E-state index contributed by atoms with van der Waals surface area (Å²) in [6.07, 6.45) is 1.35. The third kappa shape index (κ3) is 4.55. The Morgan fingerprint density at radius 1 is 1.35 bits per heavy atom. The van der Waals surface area contributed by atoms with Crippen LogP contribution in [0.15, 0.2) is 29.6 Å². The number of carbonyl (C=O) groups excluding carboxylic acids is 1. The van der Waals surface area contributed by atoms with E-state index >= 15 is 0 Å². The summed E-state index contributed by atoms with van der Waals surface area (Å²) in [6.45, 7) is 6.10. The second-order valence-electron chi connectivity index (χ2n) is 5.66. The van der Waals surface area contributed by atoms with E-state index in [0.717, 1.165) is 28.4 Å². The van der Waals surface area contributed by atoms with Crippen molar-refractivity contribution in [1.82, 2.24) is 10.3 Å². The standard InChI is InChI=1S/C18H24N2O2S/c1-5-18-20-15(11-23-18)13(3)19-17(21)10-12(2)14-8-6-7-9-16(14)22-4/h6-9,11-13H,5,10H2,1-4H3,(H,19,21). The Morgan fingerprint density at radius 2 is 2.09 bits per heavy atom. The van der Waals surface area contributed by atoms with Crippen LogP contribution in [0.5, 0.6) is 5.75 Å². The Hall–Kier alpha value is -1.88. The minimum Gasteiger partial charge on any atom is -0.496 e. The second kappa shape index (κ2) is 8.11. The van der Waals surface area contributed by atoms with Crippen LogP contribution in [0.2, 0.25) is 0 Å². The number of benzene rings is 1.